The number of esters is 2. The quantitative estimate of drug-likeness (QED) is 0.0200. The molecule has 0 aliphatic heterocycles. The van der Waals surface area contributed by atoms with Gasteiger partial charge in [0.05, 0.1) is 27.7 Å². The summed E-state index contributed by atoms with van der Waals surface area (Å²) in [4.78, 5) is 37.5. The van der Waals surface area contributed by atoms with Gasteiger partial charge in [-0.2, -0.15) is 0 Å². The van der Waals surface area contributed by atoms with Crippen LogP contribution in [0.4, 0.5) is 0 Å². The summed E-state index contributed by atoms with van der Waals surface area (Å²) in [6.07, 6.45) is 43.9. The lowest BCUT2D eigenvalue weighted by Crippen LogP contribution is -2.37. The Morgan fingerprint density at radius 3 is 1.55 bits per heavy atom. The molecule has 0 spiro atoms. The fraction of sp³-hybridized carbons (Fsp3) is 0.733. The van der Waals surface area contributed by atoms with E-state index in [0.29, 0.717) is 17.4 Å². The van der Waals surface area contributed by atoms with Gasteiger partial charge in [-0.3, -0.25) is 14.2 Å². The summed E-state index contributed by atoms with van der Waals surface area (Å²) >= 11 is 0. The molecule has 0 bridgehead atoms. The fourth-order valence-electron chi connectivity index (χ4n) is 5.44. The monoisotopic (exact) mass is 794 g/mol. The van der Waals surface area contributed by atoms with E-state index < -0.39 is 32.5 Å². The van der Waals surface area contributed by atoms with Crippen molar-refractivity contribution in [1.29, 1.82) is 0 Å². The number of carbonyl (C=O) groups is 2. The first-order valence-corrected chi connectivity index (χ1v) is 23.0. The molecule has 0 amide bonds. The molecule has 9 nitrogen and oxygen atoms in total. The van der Waals surface area contributed by atoms with Gasteiger partial charge < -0.3 is 27.9 Å². The first-order valence-electron chi connectivity index (χ1n) is 21.5. The van der Waals surface area contributed by atoms with Gasteiger partial charge in [-0.15, -0.1) is 0 Å². The predicted octanol–water partition coefficient (Wildman–Crippen LogP) is 11.4. The van der Waals surface area contributed by atoms with Crippen LogP contribution in [0.25, 0.3) is 0 Å². The second-order valence-corrected chi connectivity index (χ2v) is 16.7. The molecule has 0 aliphatic carbocycles. The zero-order chi connectivity index (χ0) is 40.7. The highest BCUT2D eigenvalue weighted by molar-refractivity contribution is 7.45. The van der Waals surface area contributed by atoms with Gasteiger partial charge in [0.25, 0.3) is 7.82 Å². The zero-order valence-corrected chi connectivity index (χ0v) is 36.5. The molecule has 0 aromatic heterocycles. The third-order valence-electron chi connectivity index (χ3n) is 8.80. The molecule has 0 aromatic carbocycles. The average molecular weight is 794 g/mol. The van der Waals surface area contributed by atoms with E-state index in [1.54, 1.807) is 0 Å². The van der Waals surface area contributed by atoms with Gasteiger partial charge in [-0.1, -0.05) is 152 Å². The molecule has 0 saturated carbocycles. The van der Waals surface area contributed by atoms with E-state index in [9.17, 15) is 19.0 Å². The molecule has 0 rings (SSSR count). The van der Waals surface area contributed by atoms with Crippen molar-refractivity contribution in [3.8, 4) is 0 Å². The van der Waals surface area contributed by atoms with Crippen molar-refractivity contribution in [2.24, 2.45) is 0 Å². The predicted molar refractivity (Wildman–Crippen MR) is 226 cm³/mol. The number of ether oxygens (including phenoxy) is 2. The van der Waals surface area contributed by atoms with Crippen molar-refractivity contribution in [2.45, 2.75) is 168 Å². The minimum atomic E-state index is -4.63. The van der Waals surface area contributed by atoms with Gasteiger partial charge in [-0.25, -0.2) is 0 Å². The Morgan fingerprint density at radius 2 is 1.04 bits per heavy atom. The number of nitrogens with zero attached hydrogens (tertiary/aromatic N) is 1. The highest BCUT2D eigenvalue weighted by Gasteiger charge is 2.21. The summed E-state index contributed by atoms with van der Waals surface area (Å²) in [5.74, 6) is -0.875. The summed E-state index contributed by atoms with van der Waals surface area (Å²) in [5, 5.41) is 0. The molecule has 10 heteroatoms. The second-order valence-electron chi connectivity index (χ2n) is 15.3. The molecule has 0 heterocycles. The second kappa shape index (κ2) is 37.3. The van der Waals surface area contributed by atoms with Crippen LogP contribution in [0.5, 0.6) is 0 Å². The van der Waals surface area contributed by atoms with Gasteiger partial charge in [0.1, 0.15) is 19.8 Å². The van der Waals surface area contributed by atoms with Crippen LogP contribution in [-0.4, -0.2) is 70.0 Å². The van der Waals surface area contributed by atoms with E-state index in [2.05, 4.69) is 74.6 Å². The first-order chi connectivity index (χ1) is 26.5. The summed E-state index contributed by atoms with van der Waals surface area (Å²) in [6, 6.07) is 0. The van der Waals surface area contributed by atoms with E-state index in [1.165, 1.54) is 57.8 Å². The van der Waals surface area contributed by atoms with Crippen molar-refractivity contribution in [3.63, 3.8) is 0 Å². The molecule has 2 unspecified atom stereocenters. The van der Waals surface area contributed by atoms with E-state index in [1.807, 2.05) is 21.1 Å². The number of unbranched alkanes of at least 4 members (excludes halogenated alkanes) is 14. The molecule has 0 aliphatic rings. The molecule has 0 saturated heterocycles. The molecule has 0 radical (unpaired) electrons. The third-order valence-corrected chi connectivity index (χ3v) is 9.77. The van der Waals surface area contributed by atoms with Gasteiger partial charge >= 0.3 is 11.9 Å². The molecular formula is C45H80NO8P. The molecule has 55 heavy (non-hydrogen) atoms. The lowest BCUT2D eigenvalue weighted by molar-refractivity contribution is -0.870. The maximum absolute atomic E-state index is 12.7. The van der Waals surface area contributed by atoms with Crippen LogP contribution in [0.1, 0.15) is 162 Å². The largest absolute Gasteiger partial charge is 0.756 e. The molecule has 0 aromatic rings. The summed E-state index contributed by atoms with van der Waals surface area (Å²) in [6.45, 7) is 4.05. The number of hydrogen-bond acceptors (Lipinski definition) is 8. The molecule has 318 valence electrons. The number of phosphoric acid groups is 1. The Hall–Kier alpha value is -2.29. The van der Waals surface area contributed by atoms with Crippen LogP contribution >= 0.6 is 7.82 Å². The number of allylic oxidation sites excluding steroid dienone is 10. The standard InChI is InChI=1S/C45H80NO8P/c1-6-8-10-12-14-16-18-20-21-22-23-24-25-26-28-30-32-34-36-38-45(48)54-43(42-53-55(49,50)52-40-39-46(3,4)5)41-51-44(47)37-35-33-31-29-27-19-17-15-13-11-9-7-2/h8,10,14,16,20-21,23-24,26,28,43H,6-7,9,11-13,15,17-19,22,25,27,29-42H2,1-5H3/b10-8-,16-14-,21-20-,24-23-,28-26-. The number of hydrogen-bond donors (Lipinski definition) is 0. The zero-order valence-electron chi connectivity index (χ0n) is 35.6. The van der Waals surface area contributed by atoms with Crippen molar-refractivity contribution >= 4 is 19.8 Å². The van der Waals surface area contributed by atoms with Crippen molar-refractivity contribution in [1.82, 2.24) is 0 Å². The molecule has 2 atom stereocenters. The number of phosphoric ester groups is 1. The van der Waals surface area contributed by atoms with Gasteiger partial charge in [0.2, 0.25) is 0 Å². The maximum atomic E-state index is 12.7. The van der Waals surface area contributed by atoms with E-state index in [-0.39, 0.29) is 26.1 Å². The Bertz CT molecular complexity index is 1120. The SMILES string of the molecule is CC/C=C\C/C=C\C/C=C\C/C=C\C/C=C\CCCCCC(=O)OC(COC(=O)CCCCCCCCCCCCCC)COP(=O)([O-])OCC[N+](C)(C)C. The highest BCUT2D eigenvalue weighted by Crippen LogP contribution is 2.38. The lowest BCUT2D eigenvalue weighted by atomic mass is 10.0. The summed E-state index contributed by atoms with van der Waals surface area (Å²) in [7, 11) is 1.14. The van der Waals surface area contributed by atoms with Crippen molar-refractivity contribution in [3.05, 3.63) is 60.8 Å². The molecule has 0 fully saturated rings. The Kier molecular flexibility index (Phi) is 35.7. The summed E-state index contributed by atoms with van der Waals surface area (Å²) in [5.41, 5.74) is 0. The van der Waals surface area contributed by atoms with Crippen LogP contribution in [-0.2, 0) is 32.7 Å². The maximum Gasteiger partial charge on any atom is 0.306 e. The Labute approximate surface area is 336 Å². The van der Waals surface area contributed by atoms with Gasteiger partial charge in [-0.05, 0) is 57.8 Å². The number of likely N-dealkylation sites (N-methyl/N-ethyl adjacent to an activating group) is 1. The van der Waals surface area contributed by atoms with Gasteiger partial charge in [0.15, 0.2) is 6.10 Å². The van der Waals surface area contributed by atoms with Crippen LogP contribution in [0, 0.1) is 0 Å². The fourth-order valence-corrected chi connectivity index (χ4v) is 6.17. The average Bonchev–Trinajstić information content (AvgIpc) is 3.13. The van der Waals surface area contributed by atoms with E-state index >= 15 is 0 Å². The minimum Gasteiger partial charge on any atom is -0.756 e. The highest BCUT2D eigenvalue weighted by atomic mass is 31.2. The minimum absolute atomic E-state index is 0.0393. The lowest BCUT2D eigenvalue weighted by Gasteiger charge is -2.28. The first kappa shape index (κ1) is 52.7. The number of carbonyl (C=O) groups excluding carboxylic acids is 2. The topological polar surface area (TPSA) is 111 Å². The number of quaternary nitrogens is 1. The smallest absolute Gasteiger partial charge is 0.306 e. The van der Waals surface area contributed by atoms with Crippen molar-refractivity contribution < 1.29 is 42.1 Å². The van der Waals surface area contributed by atoms with Crippen LogP contribution in [0.15, 0.2) is 60.8 Å². The Balaban J connectivity index is 4.44. The van der Waals surface area contributed by atoms with E-state index in [0.717, 1.165) is 70.6 Å². The van der Waals surface area contributed by atoms with E-state index in [4.69, 9.17) is 18.5 Å². The molecule has 0 N–H and O–H groups in total. The number of rotatable bonds is 38. The van der Waals surface area contributed by atoms with Crippen molar-refractivity contribution in [2.75, 3.05) is 47.5 Å². The van der Waals surface area contributed by atoms with Gasteiger partial charge in [0, 0.05) is 12.8 Å². The summed E-state index contributed by atoms with van der Waals surface area (Å²) < 4.78 is 33.8. The Morgan fingerprint density at radius 1 is 0.582 bits per heavy atom. The van der Waals surface area contributed by atoms with Crippen LogP contribution in [0.3, 0.4) is 0 Å². The normalized spacial score (nSPS) is 14.2. The van der Waals surface area contributed by atoms with Crippen LogP contribution in [0.2, 0.25) is 0 Å². The third kappa shape index (κ3) is 41.2. The van der Waals surface area contributed by atoms with Crippen LogP contribution < -0.4 is 4.89 Å². The molecular weight excluding hydrogens is 713 g/mol.